The van der Waals surface area contributed by atoms with Crippen LogP contribution in [0.3, 0.4) is 0 Å². The minimum absolute atomic E-state index is 0.00599. The molecule has 0 radical (unpaired) electrons. The van der Waals surface area contributed by atoms with E-state index in [2.05, 4.69) is 15.1 Å². The molecule has 7 nitrogen and oxygen atoms in total. The maximum Gasteiger partial charge on any atom is 0.313 e. The molecule has 0 atom stereocenters. The van der Waals surface area contributed by atoms with E-state index in [9.17, 15) is 4.79 Å². The lowest BCUT2D eigenvalue weighted by molar-refractivity contribution is -0.133. The van der Waals surface area contributed by atoms with Crippen molar-refractivity contribution in [2.45, 2.75) is 31.5 Å². The Morgan fingerprint density at radius 3 is 2.90 bits per heavy atom. The third-order valence-electron chi connectivity index (χ3n) is 2.99. The lowest BCUT2D eigenvalue weighted by atomic mass is 10.4. The first-order valence-corrected chi connectivity index (χ1v) is 7.70. The van der Waals surface area contributed by atoms with Crippen LogP contribution in [0, 0.1) is 0 Å². The molecule has 1 aromatic heterocycles. The summed E-state index contributed by atoms with van der Waals surface area (Å²) >= 11 is 1.21. The molecule has 1 saturated heterocycles. The van der Waals surface area contributed by atoms with Gasteiger partial charge in [0, 0.05) is 25.7 Å². The summed E-state index contributed by atoms with van der Waals surface area (Å²) in [6.45, 7) is 7.22. The molecule has 0 amide bonds. The summed E-state index contributed by atoms with van der Waals surface area (Å²) in [5, 5.41) is 17.8. The largest absolute Gasteiger partial charge is 0.481 e. The van der Waals surface area contributed by atoms with Crippen molar-refractivity contribution in [1.82, 2.24) is 14.8 Å². The Hall–Kier alpha value is -1.28. The number of hydrogen-bond acceptors (Lipinski definition) is 6. The van der Waals surface area contributed by atoms with Crippen molar-refractivity contribution in [3.63, 3.8) is 0 Å². The van der Waals surface area contributed by atoms with Gasteiger partial charge in [-0.15, -0.1) is 10.2 Å². The Labute approximate surface area is 122 Å². The van der Waals surface area contributed by atoms with Crippen LogP contribution in [0.15, 0.2) is 5.16 Å². The molecule has 20 heavy (non-hydrogen) atoms. The highest BCUT2D eigenvalue weighted by Gasteiger charge is 2.21. The van der Waals surface area contributed by atoms with Crippen LogP contribution in [0.1, 0.15) is 26.3 Å². The van der Waals surface area contributed by atoms with Gasteiger partial charge in [-0.3, -0.25) is 9.36 Å². The number of aromatic nitrogens is 3. The topological polar surface area (TPSA) is 80.5 Å². The monoisotopic (exact) mass is 300 g/mol. The molecule has 1 aliphatic rings. The van der Waals surface area contributed by atoms with E-state index < -0.39 is 5.97 Å². The number of carboxylic acids is 1. The number of carbonyl (C=O) groups is 1. The predicted molar refractivity (Wildman–Crippen MR) is 76.4 cm³/mol. The zero-order valence-corrected chi connectivity index (χ0v) is 12.6. The number of carboxylic acid groups (broad SMARTS) is 1. The third kappa shape index (κ3) is 3.63. The molecular weight excluding hydrogens is 280 g/mol. The summed E-state index contributed by atoms with van der Waals surface area (Å²) in [6, 6.07) is 0.181. The van der Waals surface area contributed by atoms with Gasteiger partial charge in [0.1, 0.15) is 0 Å². The summed E-state index contributed by atoms with van der Waals surface area (Å²) < 4.78 is 7.45. The lowest BCUT2D eigenvalue weighted by Crippen LogP contribution is -2.29. The Morgan fingerprint density at radius 2 is 2.20 bits per heavy atom. The van der Waals surface area contributed by atoms with Crippen LogP contribution in [0.25, 0.3) is 0 Å². The fraction of sp³-hybridized carbons (Fsp3) is 0.750. The SMILES string of the molecule is CC(C)n1c(SCC(=O)O)nnc1N1CCCOCC1. The van der Waals surface area contributed by atoms with Gasteiger partial charge in [-0.05, 0) is 20.3 Å². The highest BCUT2D eigenvalue weighted by atomic mass is 32.2. The van der Waals surface area contributed by atoms with Gasteiger partial charge in [0.05, 0.1) is 12.4 Å². The number of aliphatic carboxylic acids is 1. The molecule has 1 aromatic rings. The first-order valence-electron chi connectivity index (χ1n) is 6.71. The van der Waals surface area contributed by atoms with Crippen LogP contribution in [0.4, 0.5) is 5.95 Å². The number of anilines is 1. The molecule has 0 saturated carbocycles. The molecule has 2 heterocycles. The Kier molecular flexibility index (Phi) is 5.24. The normalized spacial score (nSPS) is 16.4. The van der Waals surface area contributed by atoms with Crippen LogP contribution >= 0.6 is 11.8 Å². The molecule has 1 aliphatic heterocycles. The zero-order chi connectivity index (χ0) is 14.5. The molecule has 0 aromatic carbocycles. The summed E-state index contributed by atoms with van der Waals surface area (Å²) in [5.74, 6) is -0.0510. The van der Waals surface area contributed by atoms with E-state index in [-0.39, 0.29) is 11.8 Å². The molecule has 0 spiro atoms. The molecule has 2 rings (SSSR count). The van der Waals surface area contributed by atoms with E-state index in [1.807, 2.05) is 18.4 Å². The van der Waals surface area contributed by atoms with E-state index in [4.69, 9.17) is 9.84 Å². The van der Waals surface area contributed by atoms with Gasteiger partial charge in [-0.25, -0.2) is 0 Å². The van der Waals surface area contributed by atoms with Crippen molar-refractivity contribution in [2.24, 2.45) is 0 Å². The average Bonchev–Trinajstić information content (AvgIpc) is 2.63. The van der Waals surface area contributed by atoms with E-state index >= 15 is 0 Å². The standard InChI is InChI=1S/C12H20N4O3S/c1-9(2)16-11(15-4-3-6-19-7-5-15)13-14-12(16)20-8-10(17)18/h9H,3-8H2,1-2H3,(H,17,18). The number of ether oxygens (including phenoxy) is 1. The number of nitrogens with zero attached hydrogens (tertiary/aromatic N) is 4. The average molecular weight is 300 g/mol. The smallest absolute Gasteiger partial charge is 0.313 e. The highest BCUT2D eigenvalue weighted by Crippen LogP contribution is 2.26. The molecule has 0 bridgehead atoms. The zero-order valence-electron chi connectivity index (χ0n) is 11.8. The minimum Gasteiger partial charge on any atom is -0.481 e. The first-order chi connectivity index (χ1) is 9.59. The third-order valence-corrected chi connectivity index (χ3v) is 3.92. The Bertz CT molecular complexity index is 456. The number of hydrogen-bond donors (Lipinski definition) is 1. The van der Waals surface area contributed by atoms with Crippen molar-refractivity contribution < 1.29 is 14.6 Å². The van der Waals surface area contributed by atoms with Crippen LogP contribution in [-0.2, 0) is 9.53 Å². The maximum atomic E-state index is 10.7. The molecule has 8 heteroatoms. The summed E-state index contributed by atoms with van der Waals surface area (Å²) in [5.41, 5.74) is 0. The van der Waals surface area contributed by atoms with Gasteiger partial charge < -0.3 is 14.7 Å². The van der Waals surface area contributed by atoms with Gasteiger partial charge >= 0.3 is 5.97 Å². The number of thioether (sulfide) groups is 1. The van der Waals surface area contributed by atoms with Crippen molar-refractivity contribution in [3.8, 4) is 0 Å². The second-order valence-electron chi connectivity index (χ2n) is 4.88. The second-order valence-corrected chi connectivity index (χ2v) is 5.82. The minimum atomic E-state index is -0.849. The van der Waals surface area contributed by atoms with E-state index in [1.165, 1.54) is 11.8 Å². The van der Waals surface area contributed by atoms with Gasteiger partial charge in [0.2, 0.25) is 5.95 Å². The summed E-state index contributed by atoms with van der Waals surface area (Å²) in [6.07, 6.45) is 0.961. The van der Waals surface area contributed by atoms with Gasteiger partial charge in [-0.1, -0.05) is 11.8 Å². The molecule has 1 fully saturated rings. The lowest BCUT2D eigenvalue weighted by Gasteiger charge is -2.23. The van der Waals surface area contributed by atoms with Crippen molar-refractivity contribution in [1.29, 1.82) is 0 Å². The summed E-state index contributed by atoms with van der Waals surface area (Å²) in [7, 11) is 0. The molecule has 0 aliphatic carbocycles. The van der Waals surface area contributed by atoms with Crippen molar-refractivity contribution in [2.75, 3.05) is 37.0 Å². The Morgan fingerprint density at radius 1 is 1.40 bits per heavy atom. The van der Waals surface area contributed by atoms with Crippen LogP contribution in [0.2, 0.25) is 0 Å². The quantitative estimate of drug-likeness (QED) is 0.820. The van der Waals surface area contributed by atoms with E-state index in [0.29, 0.717) is 11.8 Å². The van der Waals surface area contributed by atoms with Crippen LogP contribution in [0.5, 0.6) is 0 Å². The first kappa shape index (κ1) is 15.1. The fourth-order valence-corrected chi connectivity index (χ4v) is 2.89. The highest BCUT2D eigenvalue weighted by molar-refractivity contribution is 7.99. The molecular formula is C12H20N4O3S. The van der Waals surface area contributed by atoms with Gasteiger partial charge in [0.15, 0.2) is 5.16 Å². The Balaban J connectivity index is 2.21. The van der Waals surface area contributed by atoms with Crippen molar-refractivity contribution >= 4 is 23.7 Å². The maximum absolute atomic E-state index is 10.7. The summed E-state index contributed by atoms with van der Waals surface area (Å²) in [4.78, 5) is 12.9. The van der Waals surface area contributed by atoms with Crippen LogP contribution in [-0.4, -0.2) is 57.9 Å². The van der Waals surface area contributed by atoms with E-state index in [1.54, 1.807) is 0 Å². The molecule has 0 unspecified atom stereocenters. The number of rotatable bonds is 5. The van der Waals surface area contributed by atoms with Crippen LogP contribution < -0.4 is 4.90 Å². The second kappa shape index (κ2) is 6.94. The molecule has 112 valence electrons. The van der Waals surface area contributed by atoms with Gasteiger partial charge in [0.25, 0.3) is 0 Å². The predicted octanol–water partition coefficient (Wildman–Crippen LogP) is 1.26. The van der Waals surface area contributed by atoms with Gasteiger partial charge in [-0.2, -0.15) is 0 Å². The van der Waals surface area contributed by atoms with E-state index in [0.717, 1.165) is 32.1 Å². The fourth-order valence-electron chi connectivity index (χ4n) is 2.11. The molecule has 1 N–H and O–H groups in total. The van der Waals surface area contributed by atoms with Crippen molar-refractivity contribution in [3.05, 3.63) is 0 Å².